The van der Waals surface area contributed by atoms with Crippen molar-refractivity contribution in [2.45, 2.75) is 12.5 Å². The second kappa shape index (κ2) is 6.84. The lowest BCUT2D eigenvalue weighted by atomic mass is 10.0. The fourth-order valence-corrected chi connectivity index (χ4v) is 2.85. The molecule has 0 spiro atoms. The molecule has 0 amide bonds. The van der Waals surface area contributed by atoms with Gasteiger partial charge < -0.3 is 5.32 Å². The molecule has 0 aliphatic rings. The number of rotatable bonds is 4. The van der Waals surface area contributed by atoms with Crippen LogP contribution in [-0.4, -0.2) is 12.0 Å². The molecule has 1 heterocycles. The third-order valence-corrected chi connectivity index (χ3v) is 4.54. The van der Waals surface area contributed by atoms with Gasteiger partial charge in [0.15, 0.2) is 0 Å². The van der Waals surface area contributed by atoms with Crippen molar-refractivity contribution in [1.29, 1.82) is 0 Å². The van der Waals surface area contributed by atoms with Gasteiger partial charge in [-0.2, -0.15) is 0 Å². The lowest BCUT2D eigenvalue weighted by Crippen LogP contribution is -2.18. The lowest BCUT2D eigenvalue weighted by molar-refractivity contribution is 0.590. The van der Waals surface area contributed by atoms with Crippen LogP contribution in [0.3, 0.4) is 0 Å². The van der Waals surface area contributed by atoms with Crippen LogP contribution in [0.5, 0.6) is 0 Å². The molecule has 0 radical (unpaired) electrons. The normalized spacial score (nSPS) is 12.4. The second-order valence-corrected chi connectivity index (χ2v) is 6.41. The number of hydrogen-bond acceptors (Lipinski definition) is 2. The zero-order valence-corrected chi connectivity index (χ0v) is 14.3. The average molecular weight is 405 g/mol. The monoisotopic (exact) mass is 402 g/mol. The highest BCUT2D eigenvalue weighted by Crippen LogP contribution is 2.27. The first kappa shape index (κ1) is 15.0. The standard InChI is InChI=1S/C14H13Br2ClN2/c1-18-14(5-9-4-11(15)8-19-7-9)10-2-3-13(17)12(16)6-10/h2-4,6-8,14,18H,5H2,1H3. The van der Waals surface area contributed by atoms with Gasteiger partial charge in [-0.15, -0.1) is 0 Å². The smallest absolute Gasteiger partial charge is 0.0548 e. The van der Waals surface area contributed by atoms with Crippen molar-refractivity contribution in [3.05, 3.63) is 61.8 Å². The Bertz CT molecular complexity index is 575. The van der Waals surface area contributed by atoms with E-state index in [1.165, 1.54) is 11.1 Å². The Morgan fingerprint density at radius 2 is 2.05 bits per heavy atom. The van der Waals surface area contributed by atoms with Crippen molar-refractivity contribution in [1.82, 2.24) is 10.3 Å². The van der Waals surface area contributed by atoms with E-state index in [0.29, 0.717) is 0 Å². The molecule has 1 unspecified atom stereocenters. The Morgan fingerprint density at radius 3 is 2.68 bits per heavy atom. The molecule has 0 saturated heterocycles. The molecule has 1 aromatic carbocycles. The molecule has 100 valence electrons. The topological polar surface area (TPSA) is 24.9 Å². The number of hydrogen-bond donors (Lipinski definition) is 1. The highest BCUT2D eigenvalue weighted by atomic mass is 79.9. The van der Waals surface area contributed by atoms with Crippen LogP contribution in [0, 0.1) is 0 Å². The average Bonchev–Trinajstić information content (AvgIpc) is 2.39. The van der Waals surface area contributed by atoms with Crippen molar-refractivity contribution < 1.29 is 0 Å². The summed E-state index contributed by atoms with van der Waals surface area (Å²) in [5, 5.41) is 4.05. The van der Waals surface area contributed by atoms with Gasteiger partial charge in [0.1, 0.15) is 0 Å². The number of likely N-dealkylation sites (N-methyl/N-ethyl adjacent to an activating group) is 1. The summed E-state index contributed by atoms with van der Waals surface area (Å²) < 4.78 is 1.91. The summed E-state index contributed by atoms with van der Waals surface area (Å²) in [6.07, 6.45) is 4.55. The van der Waals surface area contributed by atoms with E-state index in [9.17, 15) is 0 Å². The Morgan fingerprint density at radius 1 is 1.26 bits per heavy atom. The fraction of sp³-hybridized carbons (Fsp3) is 0.214. The summed E-state index contributed by atoms with van der Waals surface area (Å²) in [6, 6.07) is 8.31. The quantitative estimate of drug-likeness (QED) is 0.795. The number of benzene rings is 1. The van der Waals surface area contributed by atoms with E-state index in [1.54, 1.807) is 6.20 Å². The first-order valence-electron chi connectivity index (χ1n) is 5.82. The van der Waals surface area contributed by atoms with Gasteiger partial charge in [0.25, 0.3) is 0 Å². The third kappa shape index (κ3) is 4.02. The van der Waals surface area contributed by atoms with E-state index in [-0.39, 0.29) is 6.04 Å². The van der Waals surface area contributed by atoms with Crippen LogP contribution in [0.25, 0.3) is 0 Å². The minimum atomic E-state index is 0.227. The van der Waals surface area contributed by atoms with E-state index >= 15 is 0 Å². The number of nitrogens with one attached hydrogen (secondary N) is 1. The predicted octanol–water partition coefficient (Wildman–Crippen LogP) is 4.76. The van der Waals surface area contributed by atoms with Crippen LogP contribution >= 0.6 is 43.5 Å². The Hall–Kier alpha value is -0.420. The van der Waals surface area contributed by atoms with Gasteiger partial charge in [0.05, 0.1) is 5.02 Å². The van der Waals surface area contributed by atoms with Crippen molar-refractivity contribution >= 4 is 43.5 Å². The fourth-order valence-electron chi connectivity index (χ4n) is 1.92. The van der Waals surface area contributed by atoms with Crippen LogP contribution in [0.2, 0.25) is 5.02 Å². The van der Waals surface area contributed by atoms with Crippen LogP contribution in [0.4, 0.5) is 0 Å². The van der Waals surface area contributed by atoms with Crippen molar-refractivity contribution in [2.75, 3.05) is 7.05 Å². The largest absolute Gasteiger partial charge is 0.313 e. The SMILES string of the molecule is CNC(Cc1cncc(Br)c1)c1ccc(Cl)c(Br)c1. The predicted molar refractivity (Wildman–Crippen MR) is 86.6 cm³/mol. The Labute approximate surface area is 134 Å². The molecular formula is C14H13Br2ClN2. The molecular weight excluding hydrogens is 391 g/mol. The molecule has 19 heavy (non-hydrogen) atoms. The molecule has 1 N–H and O–H groups in total. The van der Waals surface area contributed by atoms with Gasteiger partial charge in [0.2, 0.25) is 0 Å². The Kier molecular flexibility index (Phi) is 5.39. The maximum atomic E-state index is 6.03. The summed E-state index contributed by atoms with van der Waals surface area (Å²) >= 11 is 12.9. The van der Waals surface area contributed by atoms with Crippen molar-refractivity contribution in [3.63, 3.8) is 0 Å². The van der Waals surface area contributed by atoms with Crippen molar-refractivity contribution in [3.8, 4) is 0 Å². The zero-order chi connectivity index (χ0) is 13.8. The van der Waals surface area contributed by atoms with E-state index in [4.69, 9.17) is 11.6 Å². The molecule has 0 aliphatic heterocycles. The molecule has 5 heteroatoms. The highest BCUT2D eigenvalue weighted by molar-refractivity contribution is 9.10. The third-order valence-electron chi connectivity index (χ3n) is 2.90. The van der Waals surface area contributed by atoms with E-state index in [2.05, 4.69) is 54.3 Å². The van der Waals surface area contributed by atoms with Gasteiger partial charge in [-0.05, 0) is 74.7 Å². The molecule has 0 fully saturated rings. The van der Waals surface area contributed by atoms with E-state index in [1.807, 2.05) is 25.4 Å². The minimum absolute atomic E-state index is 0.227. The summed E-state index contributed by atoms with van der Waals surface area (Å²) in [7, 11) is 1.96. The van der Waals surface area contributed by atoms with Gasteiger partial charge in [-0.25, -0.2) is 0 Å². The highest BCUT2D eigenvalue weighted by Gasteiger charge is 2.12. The van der Waals surface area contributed by atoms with Crippen LogP contribution in [0.15, 0.2) is 45.6 Å². The van der Waals surface area contributed by atoms with Crippen LogP contribution < -0.4 is 5.32 Å². The zero-order valence-electron chi connectivity index (χ0n) is 10.3. The van der Waals surface area contributed by atoms with Gasteiger partial charge in [-0.3, -0.25) is 4.98 Å². The number of pyridine rings is 1. The Balaban J connectivity index is 2.22. The first-order chi connectivity index (χ1) is 9.10. The summed E-state index contributed by atoms with van der Waals surface area (Å²) in [4.78, 5) is 4.19. The number of nitrogens with zero attached hydrogens (tertiary/aromatic N) is 1. The summed E-state index contributed by atoms with van der Waals surface area (Å²) in [5.41, 5.74) is 2.37. The molecule has 0 aliphatic carbocycles. The lowest BCUT2D eigenvalue weighted by Gasteiger charge is -2.17. The maximum Gasteiger partial charge on any atom is 0.0548 e. The molecule has 2 aromatic rings. The second-order valence-electron chi connectivity index (χ2n) is 4.23. The van der Waals surface area contributed by atoms with Crippen LogP contribution in [0.1, 0.15) is 17.2 Å². The number of aromatic nitrogens is 1. The van der Waals surface area contributed by atoms with Crippen molar-refractivity contribution in [2.24, 2.45) is 0 Å². The van der Waals surface area contributed by atoms with E-state index < -0.39 is 0 Å². The molecule has 2 rings (SSSR count). The van der Waals surface area contributed by atoms with Gasteiger partial charge >= 0.3 is 0 Å². The van der Waals surface area contributed by atoms with Gasteiger partial charge in [-0.1, -0.05) is 17.7 Å². The molecule has 0 bridgehead atoms. The molecule has 1 atom stereocenters. The summed E-state index contributed by atoms with van der Waals surface area (Å²) in [5.74, 6) is 0. The van der Waals surface area contributed by atoms with E-state index in [0.717, 1.165) is 20.4 Å². The summed E-state index contributed by atoms with van der Waals surface area (Å²) in [6.45, 7) is 0. The first-order valence-corrected chi connectivity index (χ1v) is 7.78. The van der Waals surface area contributed by atoms with Gasteiger partial charge in [0, 0.05) is 27.4 Å². The number of halogens is 3. The molecule has 1 aromatic heterocycles. The molecule has 2 nitrogen and oxygen atoms in total. The maximum absolute atomic E-state index is 6.03. The van der Waals surface area contributed by atoms with Crippen LogP contribution in [-0.2, 0) is 6.42 Å². The minimum Gasteiger partial charge on any atom is -0.313 e. The molecule has 0 saturated carbocycles.